The van der Waals surface area contributed by atoms with Crippen LogP contribution in [0, 0.1) is 17.2 Å². The quantitative estimate of drug-likeness (QED) is 0.503. The number of alkyl halides is 3. The molecule has 0 bridgehead atoms. The first-order valence-electron chi connectivity index (χ1n) is 13.7. The zero-order valence-electron chi connectivity index (χ0n) is 23.1. The maximum Gasteiger partial charge on any atom is 0.451 e. The van der Waals surface area contributed by atoms with E-state index >= 15 is 0 Å². The van der Waals surface area contributed by atoms with Gasteiger partial charge in [-0.25, -0.2) is 9.97 Å². The fourth-order valence-electron chi connectivity index (χ4n) is 5.03. The average Bonchev–Trinajstić information content (AvgIpc) is 2.96. The summed E-state index contributed by atoms with van der Waals surface area (Å²) in [6.45, 7) is 5.79. The molecule has 12 heteroatoms. The lowest BCUT2D eigenvalue weighted by molar-refractivity contribution is -0.144. The van der Waals surface area contributed by atoms with E-state index in [1.807, 2.05) is 31.1 Å². The molecule has 9 nitrogen and oxygen atoms in total. The molecule has 1 aromatic carbocycles. The number of carbonyl (C=O) groups is 1. The molecular weight excluding hydrogens is 521 g/mol. The average molecular weight is 559 g/mol. The van der Waals surface area contributed by atoms with E-state index in [2.05, 4.69) is 31.2 Å². The van der Waals surface area contributed by atoms with Crippen LogP contribution in [0.5, 0.6) is 0 Å². The Balaban J connectivity index is 1.39. The van der Waals surface area contributed by atoms with Gasteiger partial charge < -0.3 is 20.0 Å². The molecule has 1 atom stereocenters. The minimum Gasteiger partial charge on any atom is -0.356 e. The lowest BCUT2D eigenvalue weighted by atomic mass is 9.97. The Labute approximate surface area is 233 Å². The second-order valence-corrected chi connectivity index (χ2v) is 10.7. The van der Waals surface area contributed by atoms with Crippen LogP contribution in [0.4, 0.5) is 24.8 Å². The number of benzene rings is 1. The van der Waals surface area contributed by atoms with E-state index in [-0.39, 0.29) is 23.5 Å². The van der Waals surface area contributed by atoms with Crippen molar-refractivity contribution < 1.29 is 18.0 Å². The summed E-state index contributed by atoms with van der Waals surface area (Å²) in [6, 6.07) is 10.9. The zero-order valence-corrected chi connectivity index (χ0v) is 23.1. The number of piperidine rings is 1. The van der Waals surface area contributed by atoms with Crippen molar-refractivity contribution in [3.63, 3.8) is 0 Å². The maximum atomic E-state index is 13.8. The van der Waals surface area contributed by atoms with E-state index in [0.717, 1.165) is 31.7 Å². The number of nitrogens with one attached hydrogen (secondary N) is 1. The number of carbonyl (C=O) groups excluding carboxylic acids is 1. The number of nitriles is 1. The highest BCUT2D eigenvalue weighted by Gasteiger charge is 2.37. The second kappa shape index (κ2) is 13.3. The molecule has 0 spiro atoms. The highest BCUT2D eigenvalue weighted by Crippen LogP contribution is 2.32. The predicted molar refractivity (Wildman–Crippen MR) is 147 cm³/mol. The first kappa shape index (κ1) is 29.6. The molecule has 2 aromatic rings. The van der Waals surface area contributed by atoms with Crippen molar-refractivity contribution in [2.45, 2.75) is 25.4 Å². The Kier molecular flexibility index (Phi) is 9.81. The van der Waals surface area contributed by atoms with E-state index in [1.54, 1.807) is 23.1 Å². The summed E-state index contributed by atoms with van der Waals surface area (Å²) in [6.07, 6.45) is -2.70. The fourth-order valence-corrected chi connectivity index (χ4v) is 5.03. The second-order valence-electron chi connectivity index (χ2n) is 10.7. The molecule has 2 aliphatic heterocycles. The molecule has 216 valence electrons. The summed E-state index contributed by atoms with van der Waals surface area (Å²) < 4.78 is 41.4. The van der Waals surface area contributed by atoms with Crippen molar-refractivity contribution in [2.75, 3.05) is 82.8 Å². The summed E-state index contributed by atoms with van der Waals surface area (Å²) in [5.41, 5.74) is 1.59. The lowest BCUT2D eigenvalue weighted by Gasteiger charge is -2.37. The van der Waals surface area contributed by atoms with Gasteiger partial charge in [-0.15, -0.1) is 0 Å². The van der Waals surface area contributed by atoms with E-state index < -0.39 is 12.0 Å². The predicted octanol–water partition coefficient (Wildman–Crippen LogP) is 2.63. The van der Waals surface area contributed by atoms with E-state index in [1.165, 1.54) is 0 Å². The van der Waals surface area contributed by atoms with Gasteiger partial charge in [0.15, 0.2) is 0 Å². The van der Waals surface area contributed by atoms with Crippen LogP contribution in [0.1, 0.15) is 29.8 Å². The number of anilines is 2. The van der Waals surface area contributed by atoms with Gasteiger partial charge in [0.25, 0.3) is 0 Å². The topological polar surface area (TPSA) is 91.6 Å². The third kappa shape index (κ3) is 8.05. The molecule has 0 saturated carbocycles. The van der Waals surface area contributed by atoms with Crippen molar-refractivity contribution in [1.29, 1.82) is 5.26 Å². The van der Waals surface area contributed by atoms with Crippen LogP contribution in [0.25, 0.3) is 0 Å². The van der Waals surface area contributed by atoms with Crippen LogP contribution < -0.4 is 15.1 Å². The number of nitrogens with zero attached hydrogens (tertiary/aromatic N) is 7. The number of halogens is 3. The Bertz CT molecular complexity index is 1170. The third-order valence-corrected chi connectivity index (χ3v) is 7.42. The normalized spacial score (nSPS) is 18.6. The van der Waals surface area contributed by atoms with Crippen LogP contribution >= 0.6 is 0 Å². The molecule has 2 fully saturated rings. The van der Waals surface area contributed by atoms with E-state index in [9.17, 15) is 18.0 Å². The Hall–Kier alpha value is -3.43. The zero-order chi connectivity index (χ0) is 28.7. The Morgan fingerprint density at radius 3 is 2.38 bits per heavy atom. The van der Waals surface area contributed by atoms with Crippen molar-refractivity contribution in [2.24, 2.45) is 5.92 Å². The summed E-state index contributed by atoms with van der Waals surface area (Å²) in [5, 5.41) is 11.9. The van der Waals surface area contributed by atoms with Crippen LogP contribution in [0.2, 0.25) is 0 Å². The molecular formula is C28H37F3N8O. The first-order chi connectivity index (χ1) is 19.1. The van der Waals surface area contributed by atoms with Crippen molar-refractivity contribution >= 4 is 17.5 Å². The van der Waals surface area contributed by atoms with Crippen molar-refractivity contribution in [3.05, 3.63) is 47.3 Å². The molecule has 40 heavy (non-hydrogen) atoms. The van der Waals surface area contributed by atoms with Gasteiger partial charge in [-0.3, -0.25) is 9.69 Å². The van der Waals surface area contributed by atoms with Gasteiger partial charge in [0.1, 0.15) is 11.6 Å². The van der Waals surface area contributed by atoms with Crippen LogP contribution in [0.3, 0.4) is 0 Å². The minimum atomic E-state index is -4.67. The summed E-state index contributed by atoms with van der Waals surface area (Å²) >= 11 is 0. The number of piperazine rings is 1. The largest absolute Gasteiger partial charge is 0.451 e. The monoisotopic (exact) mass is 558 g/mol. The number of likely N-dealkylation sites (N-methyl/N-ethyl adjacent to an activating group) is 1. The highest BCUT2D eigenvalue weighted by atomic mass is 19.4. The molecule has 1 amide bonds. The molecule has 2 aliphatic rings. The van der Waals surface area contributed by atoms with Crippen molar-refractivity contribution in [3.8, 4) is 6.07 Å². The Morgan fingerprint density at radius 1 is 1.07 bits per heavy atom. The van der Waals surface area contributed by atoms with Gasteiger partial charge in [0.2, 0.25) is 11.7 Å². The van der Waals surface area contributed by atoms with Crippen LogP contribution in [0.15, 0.2) is 30.3 Å². The fraction of sp³-hybridized carbons (Fsp3) is 0.571. The van der Waals surface area contributed by atoms with Gasteiger partial charge in [0, 0.05) is 65.0 Å². The summed E-state index contributed by atoms with van der Waals surface area (Å²) in [5.74, 6) is -1.12. The van der Waals surface area contributed by atoms with Crippen LogP contribution in [-0.4, -0.2) is 98.7 Å². The van der Waals surface area contributed by atoms with E-state index in [4.69, 9.17) is 5.26 Å². The summed E-state index contributed by atoms with van der Waals surface area (Å²) in [4.78, 5) is 28.8. The molecule has 1 unspecified atom stereocenters. The smallest absolute Gasteiger partial charge is 0.356 e. The van der Waals surface area contributed by atoms with Gasteiger partial charge in [0.05, 0.1) is 17.6 Å². The third-order valence-electron chi connectivity index (χ3n) is 7.42. The molecule has 2 saturated heterocycles. The molecule has 0 radical (unpaired) electrons. The van der Waals surface area contributed by atoms with Gasteiger partial charge in [-0.05, 0) is 51.1 Å². The molecule has 3 heterocycles. The maximum absolute atomic E-state index is 13.8. The number of amides is 1. The number of aromatic nitrogens is 2. The van der Waals surface area contributed by atoms with Crippen LogP contribution in [-0.2, 0) is 17.4 Å². The highest BCUT2D eigenvalue weighted by molar-refractivity contribution is 5.79. The molecule has 1 N–H and O–H groups in total. The minimum absolute atomic E-state index is 0.113. The first-order valence-corrected chi connectivity index (χ1v) is 13.7. The number of hydrogen-bond donors (Lipinski definition) is 1. The molecule has 1 aromatic heterocycles. The molecule has 4 rings (SSSR count). The van der Waals surface area contributed by atoms with E-state index in [0.29, 0.717) is 57.5 Å². The lowest BCUT2D eigenvalue weighted by Crippen LogP contribution is -2.48. The number of hydrogen-bond acceptors (Lipinski definition) is 8. The summed E-state index contributed by atoms with van der Waals surface area (Å²) in [7, 11) is 4.03. The van der Waals surface area contributed by atoms with Gasteiger partial charge in [-0.2, -0.15) is 18.4 Å². The Morgan fingerprint density at radius 2 is 1.75 bits per heavy atom. The van der Waals surface area contributed by atoms with Crippen molar-refractivity contribution in [1.82, 2.24) is 25.1 Å². The molecule has 0 aliphatic carbocycles. The number of rotatable bonds is 9. The standard InChI is InChI=1S/C28H37F3N8O/c1-36(2)12-13-37-14-16-38(17-15-37)24-18-25(35-27(34-24)28(29,30)31)39-11-3-4-23(20-39)26(40)33-10-9-21-5-7-22(19-32)8-6-21/h5-8,18,23H,3-4,9-17,20H2,1-2H3,(H,33,40). The SMILES string of the molecule is CN(C)CCN1CCN(c2cc(N3CCCC(C(=O)NCCc4ccc(C#N)cc4)C3)nc(C(F)(F)F)n2)CC1. The van der Waals surface area contributed by atoms with Gasteiger partial charge in [-0.1, -0.05) is 12.1 Å². The van der Waals surface area contributed by atoms with Gasteiger partial charge >= 0.3 is 6.18 Å².